The topological polar surface area (TPSA) is 83.1 Å². The Labute approximate surface area is 179 Å². The van der Waals surface area contributed by atoms with Crippen molar-refractivity contribution in [1.82, 2.24) is 15.6 Å². The molecular formula is C22H27F3N4O2. The number of nitrogens with zero attached hydrogens (tertiary/aromatic N) is 1. The van der Waals surface area contributed by atoms with Crippen molar-refractivity contribution in [3.8, 4) is 0 Å². The van der Waals surface area contributed by atoms with Crippen molar-refractivity contribution < 1.29 is 22.8 Å². The fraction of sp³-hybridized carbons (Fsp3) is 0.409. The maximum Gasteiger partial charge on any atom is 0.419 e. The van der Waals surface area contributed by atoms with Gasteiger partial charge in [-0.1, -0.05) is 32.9 Å². The van der Waals surface area contributed by atoms with Gasteiger partial charge in [0.15, 0.2) is 0 Å². The highest BCUT2D eigenvalue weighted by Gasteiger charge is 2.33. The minimum absolute atomic E-state index is 0.0354. The molecule has 168 valence electrons. The second-order valence-corrected chi connectivity index (χ2v) is 8.14. The number of amides is 2. The summed E-state index contributed by atoms with van der Waals surface area (Å²) in [7, 11) is 0. The fourth-order valence-corrected chi connectivity index (χ4v) is 2.76. The SMILES string of the molecule is CC(NC(=O)c1ccc(C(C)(C)C)cc1)C(=O)NCCNc1ncccc1C(F)(F)F. The number of anilines is 1. The smallest absolute Gasteiger partial charge is 0.368 e. The normalized spacial score (nSPS) is 12.7. The van der Waals surface area contributed by atoms with Crippen LogP contribution in [0.15, 0.2) is 42.6 Å². The van der Waals surface area contributed by atoms with Crippen LogP contribution in [0.3, 0.4) is 0 Å². The molecule has 2 amide bonds. The Morgan fingerprint density at radius 2 is 1.68 bits per heavy atom. The van der Waals surface area contributed by atoms with Gasteiger partial charge in [-0.25, -0.2) is 4.98 Å². The number of aromatic nitrogens is 1. The Kier molecular flexibility index (Phi) is 7.65. The predicted octanol–water partition coefficient (Wildman–Crippen LogP) is 3.74. The maximum atomic E-state index is 12.9. The summed E-state index contributed by atoms with van der Waals surface area (Å²) < 4.78 is 38.8. The first-order valence-electron chi connectivity index (χ1n) is 9.85. The van der Waals surface area contributed by atoms with Crippen LogP contribution < -0.4 is 16.0 Å². The van der Waals surface area contributed by atoms with Gasteiger partial charge >= 0.3 is 6.18 Å². The Morgan fingerprint density at radius 1 is 1.03 bits per heavy atom. The largest absolute Gasteiger partial charge is 0.419 e. The van der Waals surface area contributed by atoms with E-state index in [-0.39, 0.29) is 30.2 Å². The van der Waals surface area contributed by atoms with E-state index in [0.29, 0.717) is 5.56 Å². The number of nitrogens with one attached hydrogen (secondary N) is 3. The first-order valence-corrected chi connectivity index (χ1v) is 9.85. The highest BCUT2D eigenvalue weighted by molar-refractivity contribution is 5.97. The number of benzene rings is 1. The molecule has 1 heterocycles. The van der Waals surface area contributed by atoms with Crippen molar-refractivity contribution in [1.29, 1.82) is 0 Å². The molecule has 0 spiro atoms. The van der Waals surface area contributed by atoms with E-state index in [1.165, 1.54) is 19.2 Å². The third-order valence-electron chi connectivity index (χ3n) is 4.58. The van der Waals surface area contributed by atoms with E-state index in [2.05, 4.69) is 41.7 Å². The average molecular weight is 436 g/mol. The number of carbonyl (C=O) groups is 2. The molecule has 0 aliphatic rings. The predicted molar refractivity (Wildman–Crippen MR) is 113 cm³/mol. The van der Waals surface area contributed by atoms with Gasteiger partial charge in [-0.2, -0.15) is 13.2 Å². The van der Waals surface area contributed by atoms with Crippen LogP contribution in [0.2, 0.25) is 0 Å². The summed E-state index contributed by atoms with van der Waals surface area (Å²) in [5, 5.41) is 7.75. The molecule has 9 heteroatoms. The van der Waals surface area contributed by atoms with Crippen LogP contribution in [0.25, 0.3) is 0 Å². The Bertz CT molecular complexity index is 906. The molecule has 6 nitrogen and oxygen atoms in total. The lowest BCUT2D eigenvalue weighted by atomic mass is 9.86. The van der Waals surface area contributed by atoms with Crippen molar-refractivity contribution in [2.24, 2.45) is 0 Å². The Balaban J connectivity index is 1.82. The minimum atomic E-state index is -4.52. The molecule has 0 saturated heterocycles. The van der Waals surface area contributed by atoms with Crippen LogP contribution in [0.4, 0.5) is 19.0 Å². The third kappa shape index (κ3) is 6.97. The average Bonchev–Trinajstić information content (AvgIpc) is 2.70. The van der Waals surface area contributed by atoms with Crippen LogP contribution in [-0.4, -0.2) is 35.9 Å². The van der Waals surface area contributed by atoms with Crippen LogP contribution >= 0.6 is 0 Å². The van der Waals surface area contributed by atoms with Crippen LogP contribution in [0.5, 0.6) is 0 Å². The second kappa shape index (κ2) is 9.80. The zero-order valence-electron chi connectivity index (χ0n) is 17.9. The monoisotopic (exact) mass is 436 g/mol. The summed E-state index contributed by atoms with van der Waals surface area (Å²) in [6, 6.07) is 8.48. The van der Waals surface area contributed by atoms with Gasteiger partial charge < -0.3 is 16.0 Å². The van der Waals surface area contributed by atoms with Gasteiger partial charge in [0.05, 0.1) is 5.56 Å². The molecule has 0 aliphatic carbocycles. The molecule has 0 bridgehead atoms. The number of hydrogen-bond donors (Lipinski definition) is 3. The lowest BCUT2D eigenvalue weighted by molar-refractivity contribution is -0.137. The standard InChI is InChI=1S/C22H27F3N4O2/c1-14(29-20(31)15-7-9-16(10-8-15)21(2,3)4)19(30)28-13-12-27-18-17(22(23,24)25)6-5-11-26-18/h5-11,14H,12-13H2,1-4H3,(H,26,27)(H,28,30)(H,29,31). The second-order valence-electron chi connectivity index (χ2n) is 8.14. The van der Waals surface area contributed by atoms with Crippen molar-refractivity contribution >= 4 is 17.6 Å². The number of pyridine rings is 1. The molecule has 0 fully saturated rings. The van der Waals surface area contributed by atoms with Crippen molar-refractivity contribution in [3.63, 3.8) is 0 Å². The first-order chi connectivity index (χ1) is 14.4. The molecule has 0 saturated carbocycles. The summed E-state index contributed by atoms with van der Waals surface area (Å²) in [5.74, 6) is -1.13. The summed E-state index contributed by atoms with van der Waals surface area (Å²) in [5.41, 5.74) is 0.610. The first kappa shape index (κ1) is 24.2. The van der Waals surface area contributed by atoms with Crippen molar-refractivity contribution in [2.45, 2.75) is 45.3 Å². The molecule has 1 aromatic heterocycles. The number of hydrogen-bond acceptors (Lipinski definition) is 4. The molecule has 1 aromatic carbocycles. The number of alkyl halides is 3. The van der Waals surface area contributed by atoms with E-state index in [1.807, 2.05) is 12.1 Å². The lowest BCUT2D eigenvalue weighted by Gasteiger charge is -2.19. The molecule has 3 N–H and O–H groups in total. The molecule has 1 unspecified atom stereocenters. The summed E-state index contributed by atoms with van der Waals surface area (Å²) in [4.78, 5) is 28.2. The van der Waals surface area contributed by atoms with Gasteiger partial charge in [0, 0.05) is 24.8 Å². The fourth-order valence-electron chi connectivity index (χ4n) is 2.76. The van der Waals surface area contributed by atoms with Gasteiger partial charge in [0.25, 0.3) is 5.91 Å². The van der Waals surface area contributed by atoms with E-state index in [4.69, 9.17) is 0 Å². The van der Waals surface area contributed by atoms with Gasteiger partial charge in [0.2, 0.25) is 5.91 Å². The lowest BCUT2D eigenvalue weighted by Crippen LogP contribution is -2.45. The van der Waals surface area contributed by atoms with E-state index in [0.717, 1.165) is 11.6 Å². The zero-order valence-corrected chi connectivity index (χ0v) is 17.9. The zero-order chi connectivity index (χ0) is 23.2. The van der Waals surface area contributed by atoms with Gasteiger partial charge in [-0.3, -0.25) is 9.59 Å². The van der Waals surface area contributed by atoms with E-state index < -0.39 is 23.7 Å². The number of carbonyl (C=O) groups excluding carboxylic acids is 2. The molecule has 0 radical (unpaired) electrons. The van der Waals surface area contributed by atoms with E-state index in [1.54, 1.807) is 12.1 Å². The number of halogens is 3. The summed E-state index contributed by atoms with van der Waals surface area (Å²) in [6.45, 7) is 7.85. The summed E-state index contributed by atoms with van der Waals surface area (Å²) >= 11 is 0. The summed E-state index contributed by atoms with van der Waals surface area (Å²) in [6.07, 6.45) is -3.27. The van der Waals surface area contributed by atoms with Crippen molar-refractivity contribution in [2.75, 3.05) is 18.4 Å². The quantitative estimate of drug-likeness (QED) is 0.578. The highest BCUT2D eigenvalue weighted by Crippen LogP contribution is 2.33. The molecule has 2 aromatic rings. The minimum Gasteiger partial charge on any atom is -0.368 e. The van der Waals surface area contributed by atoms with Gasteiger partial charge in [-0.15, -0.1) is 0 Å². The van der Waals surface area contributed by atoms with Gasteiger partial charge in [-0.05, 0) is 42.2 Å². The van der Waals surface area contributed by atoms with Crippen LogP contribution in [-0.2, 0) is 16.4 Å². The molecule has 0 aliphatic heterocycles. The number of rotatable bonds is 7. The van der Waals surface area contributed by atoms with Crippen LogP contribution in [0.1, 0.15) is 49.2 Å². The highest BCUT2D eigenvalue weighted by atomic mass is 19.4. The molecule has 1 atom stereocenters. The molecule has 2 rings (SSSR count). The maximum absolute atomic E-state index is 12.9. The van der Waals surface area contributed by atoms with E-state index in [9.17, 15) is 22.8 Å². The van der Waals surface area contributed by atoms with Crippen LogP contribution in [0, 0.1) is 0 Å². The molecule has 31 heavy (non-hydrogen) atoms. The third-order valence-corrected chi connectivity index (χ3v) is 4.58. The Hall–Kier alpha value is -3.10. The van der Waals surface area contributed by atoms with Gasteiger partial charge in [0.1, 0.15) is 11.9 Å². The Morgan fingerprint density at radius 3 is 2.26 bits per heavy atom. The molecular weight excluding hydrogens is 409 g/mol. The van der Waals surface area contributed by atoms with Crippen molar-refractivity contribution in [3.05, 3.63) is 59.3 Å². The van der Waals surface area contributed by atoms with E-state index >= 15 is 0 Å².